The van der Waals surface area contributed by atoms with Crippen molar-refractivity contribution in [1.82, 2.24) is 9.78 Å². The van der Waals surface area contributed by atoms with Crippen LogP contribution < -0.4 is 20.3 Å². The lowest BCUT2D eigenvalue weighted by Gasteiger charge is -2.12. The number of aromatic amines is 1. The van der Waals surface area contributed by atoms with Crippen LogP contribution in [0.2, 0.25) is 0 Å². The number of H-pyrrole nitrogens is 1. The average molecular weight is 371 g/mol. The molecule has 7 nitrogen and oxygen atoms in total. The number of rotatable bonds is 5. The Hall–Kier alpha value is -3.55. The van der Waals surface area contributed by atoms with Gasteiger partial charge in [0.15, 0.2) is 11.6 Å². The van der Waals surface area contributed by atoms with Crippen LogP contribution in [0.3, 0.4) is 0 Å². The molecule has 0 bridgehead atoms. The van der Waals surface area contributed by atoms with Crippen molar-refractivity contribution in [2.24, 2.45) is 0 Å². The molecule has 2 aromatic carbocycles. The highest BCUT2D eigenvalue weighted by atomic mass is 19.1. The van der Waals surface area contributed by atoms with Crippen LogP contribution in [0.25, 0.3) is 5.69 Å². The fourth-order valence-corrected chi connectivity index (χ4v) is 2.55. The van der Waals surface area contributed by atoms with E-state index in [1.165, 1.54) is 31.0 Å². The number of nitrogens with one attached hydrogen (secondary N) is 2. The first-order valence-corrected chi connectivity index (χ1v) is 8.05. The number of ether oxygens (including phenoxy) is 2. The summed E-state index contributed by atoms with van der Waals surface area (Å²) in [6, 6.07) is 10.8. The summed E-state index contributed by atoms with van der Waals surface area (Å²) in [4.78, 5) is 24.7. The third-order valence-electron chi connectivity index (χ3n) is 3.98. The second-order valence-corrected chi connectivity index (χ2v) is 5.82. The number of halogens is 1. The molecule has 0 fully saturated rings. The Kier molecular flexibility index (Phi) is 4.98. The van der Waals surface area contributed by atoms with E-state index in [1.807, 2.05) is 19.1 Å². The summed E-state index contributed by atoms with van der Waals surface area (Å²) in [5.41, 5.74) is 1.39. The van der Waals surface area contributed by atoms with Crippen molar-refractivity contribution >= 4 is 11.6 Å². The van der Waals surface area contributed by atoms with E-state index in [1.54, 1.807) is 12.1 Å². The largest absolute Gasteiger partial charge is 0.494 e. The van der Waals surface area contributed by atoms with Gasteiger partial charge in [-0.15, -0.1) is 0 Å². The van der Waals surface area contributed by atoms with Crippen LogP contribution in [0.4, 0.5) is 10.1 Å². The van der Waals surface area contributed by atoms with Crippen molar-refractivity contribution in [3.8, 4) is 17.2 Å². The highest BCUT2D eigenvalue weighted by Gasteiger charge is 2.17. The van der Waals surface area contributed by atoms with Gasteiger partial charge in [-0.25, -0.2) is 9.07 Å². The van der Waals surface area contributed by atoms with Gasteiger partial charge in [-0.05, 0) is 19.1 Å². The molecule has 1 amide bonds. The quantitative estimate of drug-likeness (QED) is 0.722. The Morgan fingerprint density at radius 3 is 2.37 bits per heavy atom. The number of aryl methyl sites for hydroxylation is 1. The van der Waals surface area contributed by atoms with Crippen molar-refractivity contribution in [1.29, 1.82) is 0 Å². The summed E-state index contributed by atoms with van der Waals surface area (Å²) >= 11 is 0. The lowest BCUT2D eigenvalue weighted by Crippen LogP contribution is -2.15. The zero-order chi connectivity index (χ0) is 19.6. The van der Waals surface area contributed by atoms with Gasteiger partial charge >= 0.3 is 0 Å². The molecule has 0 atom stereocenters. The van der Waals surface area contributed by atoms with E-state index in [9.17, 15) is 14.0 Å². The second kappa shape index (κ2) is 7.36. The number of methoxy groups -OCH3 is 2. The minimum Gasteiger partial charge on any atom is -0.494 e. The standard InChI is InChI=1S/C19H18FN3O4/c1-11-4-6-12(7-5-11)23-18(24)9-15(22-23)19(25)21-14-8-13(20)16(26-2)10-17(14)27-3/h4-10,22H,1-3H3,(H,21,25). The van der Waals surface area contributed by atoms with Gasteiger partial charge in [-0.3, -0.25) is 14.7 Å². The summed E-state index contributed by atoms with van der Waals surface area (Å²) in [6.07, 6.45) is 0. The van der Waals surface area contributed by atoms with E-state index in [0.29, 0.717) is 5.69 Å². The van der Waals surface area contributed by atoms with Crippen LogP contribution in [-0.4, -0.2) is 29.9 Å². The Balaban J connectivity index is 1.89. The molecule has 0 aliphatic carbocycles. The maximum atomic E-state index is 13.9. The molecule has 27 heavy (non-hydrogen) atoms. The van der Waals surface area contributed by atoms with Crippen LogP contribution in [0.1, 0.15) is 16.1 Å². The zero-order valence-electron chi connectivity index (χ0n) is 15.0. The third-order valence-corrected chi connectivity index (χ3v) is 3.98. The van der Waals surface area contributed by atoms with E-state index in [2.05, 4.69) is 10.4 Å². The van der Waals surface area contributed by atoms with E-state index in [-0.39, 0.29) is 22.9 Å². The molecule has 0 unspecified atom stereocenters. The first-order chi connectivity index (χ1) is 12.9. The lowest BCUT2D eigenvalue weighted by atomic mass is 10.2. The van der Waals surface area contributed by atoms with Crippen molar-refractivity contribution in [2.45, 2.75) is 6.92 Å². The average Bonchev–Trinajstić information content (AvgIpc) is 3.04. The maximum Gasteiger partial charge on any atom is 0.273 e. The molecule has 0 spiro atoms. The van der Waals surface area contributed by atoms with E-state index in [4.69, 9.17) is 9.47 Å². The second-order valence-electron chi connectivity index (χ2n) is 5.82. The SMILES string of the molecule is COc1cc(OC)c(NC(=O)c2cc(=O)n(-c3ccc(C)cc3)[nH]2)cc1F. The maximum absolute atomic E-state index is 13.9. The molecular formula is C19H18FN3O4. The Morgan fingerprint density at radius 2 is 1.74 bits per heavy atom. The van der Waals surface area contributed by atoms with Gasteiger partial charge in [0.2, 0.25) is 0 Å². The fraction of sp³-hybridized carbons (Fsp3) is 0.158. The smallest absolute Gasteiger partial charge is 0.273 e. The van der Waals surface area contributed by atoms with Crippen molar-refractivity contribution in [3.63, 3.8) is 0 Å². The Bertz CT molecular complexity index is 1040. The fourth-order valence-electron chi connectivity index (χ4n) is 2.55. The number of hydrogen-bond donors (Lipinski definition) is 2. The Morgan fingerprint density at radius 1 is 1.07 bits per heavy atom. The van der Waals surface area contributed by atoms with Gasteiger partial charge in [0.25, 0.3) is 11.5 Å². The van der Waals surface area contributed by atoms with E-state index < -0.39 is 17.3 Å². The Labute approximate surface area is 154 Å². The van der Waals surface area contributed by atoms with Gasteiger partial charge < -0.3 is 14.8 Å². The van der Waals surface area contributed by atoms with Gasteiger partial charge in [0.05, 0.1) is 25.6 Å². The summed E-state index contributed by atoms with van der Waals surface area (Å²) in [7, 11) is 2.71. The van der Waals surface area contributed by atoms with E-state index >= 15 is 0 Å². The minimum absolute atomic E-state index is 0.0104. The molecular weight excluding hydrogens is 353 g/mol. The summed E-state index contributed by atoms with van der Waals surface area (Å²) in [5, 5.41) is 5.27. The van der Waals surface area contributed by atoms with Crippen LogP contribution in [0.15, 0.2) is 47.3 Å². The minimum atomic E-state index is -0.653. The molecule has 2 N–H and O–H groups in total. The number of hydrogen-bond acceptors (Lipinski definition) is 4. The molecule has 1 heterocycles. The van der Waals surface area contributed by atoms with Crippen LogP contribution in [-0.2, 0) is 0 Å². The normalized spacial score (nSPS) is 10.5. The number of amides is 1. The number of benzene rings is 2. The predicted molar refractivity (Wildman–Crippen MR) is 98.6 cm³/mol. The molecule has 3 rings (SSSR count). The highest BCUT2D eigenvalue weighted by Crippen LogP contribution is 2.32. The molecule has 0 aliphatic heterocycles. The number of anilines is 1. The van der Waals surface area contributed by atoms with Crippen molar-refractivity contribution in [3.05, 3.63) is 69.9 Å². The number of aromatic nitrogens is 2. The lowest BCUT2D eigenvalue weighted by molar-refractivity contribution is 0.102. The highest BCUT2D eigenvalue weighted by molar-refractivity contribution is 6.03. The van der Waals surface area contributed by atoms with Crippen LogP contribution in [0, 0.1) is 12.7 Å². The first-order valence-electron chi connectivity index (χ1n) is 8.05. The van der Waals surface area contributed by atoms with Crippen LogP contribution >= 0.6 is 0 Å². The van der Waals surface area contributed by atoms with E-state index in [0.717, 1.165) is 11.6 Å². The topological polar surface area (TPSA) is 85.3 Å². The number of nitrogens with zero attached hydrogens (tertiary/aromatic N) is 1. The van der Waals surface area contributed by atoms with Crippen molar-refractivity contribution in [2.75, 3.05) is 19.5 Å². The molecule has 3 aromatic rings. The van der Waals surface area contributed by atoms with Crippen molar-refractivity contribution < 1.29 is 18.7 Å². The van der Waals surface area contributed by atoms with Gasteiger partial charge in [0.1, 0.15) is 11.4 Å². The van der Waals surface area contributed by atoms with Gasteiger partial charge in [-0.1, -0.05) is 17.7 Å². The molecule has 0 saturated carbocycles. The van der Waals surface area contributed by atoms with Crippen LogP contribution in [0.5, 0.6) is 11.5 Å². The molecule has 0 radical (unpaired) electrons. The number of carbonyl (C=O) groups excluding carboxylic acids is 1. The molecule has 8 heteroatoms. The predicted octanol–water partition coefficient (Wildman–Crippen LogP) is 2.88. The monoisotopic (exact) mass is 371 g/mol. The molecule has 1 aromatic heterocycles. The summed E-state index contributed by atoms with van der Waals surface area (Å²) < 4.78 is 25.2. The zero-order valence-corrected chi connectivity index (χ0v) is 15.0. The summed E-state index contributed by atoms with van der Waals surface area (Å²) in [5.74, 6) is -1.05. The first kappa shape index (κ1) is 18.2. The third kappa shape index (κ3) is 3.69. The molecule has 0 saturated heterocycles. The molecule has 140 valence electrons. The van der Waals surface area contributed by atoms with Gasteiger partial charge in [-0.2, -0.15) is 0 Å². The summed E-state index contributed by atoms with van der Waals surface area (Å²) in [6.45, 7) is 1.93. The molecule has 0 aliphatic rings. The van der Waals surface area contributed by atoms with Gasteiger partial charge in [0, 0.05) is 18.2 Å². The number of carbonyl (C=O) groups is 1.